The van der Waals surface area contributed by atoms with E-state index < -0.39 is 10.0 Å². The predicted molar refractivity (Wildman–Crippen MR) is 121 cm³/mol. The average molecular weight is 427 g/mol. The Bertz CT molecular complexity index is 1060. The first-order valence-corrected chi connectivity index (χ1v) is 12.1. The van der Waals surface area contributed by atoms with E-state index in [4.69, 9.17) is 0 Å². The molecule has 0 spiro atoms. The van der Waals surface area contributed by atoms with Gasteiger partial charge in [0.25, 0.3) is 0 Å². The molecule has 2 heterocycles. The maximum Gasteiger partial charge on any atom is 0.243 e. The van der Waals surface area contributed by atoms with Crippen LogP contribution in [0.2, 0.25) is 0 Å². The highest BCUT2D eigenvalue weighted by atomic mass is 32.2. The fraction of sp³-hybridized carbons (Fsp3) is 0.304. The number of sulfonamides is 1. The summed E-state index contributed by atoms with van der Waals surface area (Å²) in [5.74, 6) is 0.621. The lowest BCUT2D eigenvalue weighted by atomic mass is 9.78. The number of fused-ring (bicyclic) bond motifs is 3. The zero-order chi connectivity index (χ0) is 20.6. The molecule has 3 unspecified atom stereocenters. The number of benzene rings is 1. The van der Waals surface area contributed by atoms with E-state index >= 15 is 0 Å². The lowest BCUT2D eigenvalue weighted by Crippen LogP contribution is -2.32. The maximum absolute atomic E-state index is 13.2. The van der Waals surface area contributed by atoms with Crippen LogP contribution in [0, 0.1) is 12.8 Å². The third-order valence-electron chi connectivity index (χ3n) is 5.82. The molecule has 0 saturated heterocycles. The molecule has 1 aliphatic carbocycles. The Labute approximate surface area is 177 Å². The summed E-state index contributed by atoms with van der Waals surface area (Å²) in [6.45, 7) is 10.0. The van der Waals surface area contributed by atoms with Crippen LogP contribution in [0.5, 0.6) is 0 Å². The summed E-state index contributed by atoms with van der Waals surface area (Å²) >= 11 is 1.79. The average Bonchev–Trinajstić information content (AvgIpc) is 3.36. The second kappa shape index (κ2) is 7.94. The summed E-state index contributed by atoms with van der Waals surface area (Å²) < 4.78 is 27.8. The number of thiophene rings is 1. The number of nitrogens with zero attached hydrogens (tertiary/aromatic N) is 1. The molecule has 3 atom stereocenters. The van der Waals surface area contributed by atoms with E-state index in [2.05, 4.69) is 49.0 Å². The van der Waals surface area contributed by atoms with Gasteiger partial charge in [-0.3, -0.25) is 0 Å². The van der Waals surface area contributed by atoms with Gasteiger partial charge in [-0.25, -0.2) is 8.42 Å². The van der Waals surface area contributed by atoms with E-state index in [1.54, 1.807) is 29.6 Å². The molecule has 2 aliphatic rings. The van der Waals surface area contributed by atoms with Crippen LogP contribution in [0.15, 0.2) is 72.0 Å². The van der Waals surface area contributed by atoms with Gasteiger partial charge in [-0.05, 0) is 60.0 Å². The highest BCUT2D eigenvalue weighted by molar-refractivity contribution is 7.89. The number of nitrogens with one attached hydrogen (secondary N) is 1. The van der Waals surface area contributed by atoms with Gasteiger partial charge in [0, 0.05) is 29.6 Å². The predicted octanol–water partition coefficient (Wildman–Crippen LogP) is 5.25. The minimum atomic E-state index is -3.61. The van der Waals surface area contributed by atoms with Gasteiger partial charge >= 0.3 is 0 Å². The fourth-order valence-corrected chi connectivity index (χ4v) is 6.87. The molecule has 4 rings (SSSR count). The van der Waals surface area contributed by atoms with Crippen molar-refractivity contribution in [3.05, 3.63) is 83.1 Å². The zero-order valence-corrected chi connectivity index (χ0v) is 18.2. The van der Waals surface area contributed by atoms with E-state index in [0.717, 1.165) is 17.7 Å². The van der Waals surface area contributed by atoms with Crippen LogP contribution in [0.4, 0.5) is 5.69 Å². The van der Waals surface area contributed by atoms with Crippen molar-refractivity contribution in [3.63, 3.8) is 0 Å². The van der Waals surface area contributed by atoms with E-state index in [9.17, 15) is 8.42 Å². The van der Waals surface area contributed by atoms with Crippen molar-refractivity contribution in [1.29, 1.82) is 0 Å². The minimum Gasteiger partial charge on any atom is -0.377 e. The van der Waals surface area contributed by atoms with E-state index in [-0.39, 0.29) is 25.0 Å². The van der Waals surface area contributed by atoms with Gasteiger partial charge in [0.1, 0.15) is 0 Å². The first kappa shape index (κ1) is 20.1. The number of rotatable bonds is 7. The molecule has 1 N–H and O–H groups in total. The number of allylic oxidation sites excluding steroid dienone is 2. The molecular weight excluding hydrogens is 400 g/mol. The van der Waals surface area contributed by atoms with Crippen molar-refractivity contribution in [1.82, 2.24) is 4.31 Å². The van der Waals surface area contributed by atoms with Gasteiger partial charge < -0.3 is 5.32 Å². The van der Waals surface area contributed by atoms with E-state index in [0.29, 0.717) is 10.8 Å². The molecule has 0 saturated carbocycles. The molecule has 0 amide bonds. The Morgan fingerprint density at radius 1 is 1.24 bits per heavy atom. The fourth-order valence-electron chi connectivity index (χ4n) is 4.40. The Hall–Kier alpha value is -2.15. The quantitative estimate of drug-likeness (QED) is 0.616. The van der Waals surface area contributed by atoms with Gasteiger partial charge in [-0.2, -0.15) is 4.31 Å². The van der Waals surface area contributed by atoms with Crippen molar-refractivity contribution < 1.29 is 8.42 Å². The molecule has 1 aliphatic heterocycles. The van der Waals surface area contributed by atoms with Crippen molar-refractivity contribution in [2.75, 3.05) is 18.4 Å². The summed E-state index contributed by atoms with van der Waals surface area (Å²) in [4.78, 5) is 1.70. The van der Waals surface area contributed by atoms with Crippen LogP contribution in [-0.4, -0.2) is 25.8 Å². The second-order valence-electron chi connectivity index (χ2n) is 7.59. The van der Waals surface area contributed by atoms with Crippen LogP contribution in [0.3, 0.4) is 0 Å². The SMILES string of the molecule is C=CCN(CC=C)S(=O)(=O)c1ccc2c(c1)C1C=CCC1C(c1sccc1C)N2. The number of hydrogen-bond acceptors (Lipinski definition) is 4. The zero-order valence-electron chi connectivity index (χ0n) is 16.5. The summed E-state index contributed by atoms with van der Waals surface area (Å²) in [6.07, 6.45) is 8.66. The summed E-state index contributed by atoms with van der Waals surface area (Å²) in [5, 5.41) is 5.84. The second-order valence-corrected chi connectivity index (χ2v) is 10.5. The van der Waals surface area contributed by atoms with Crippen LogP contribution in [0.1, 0.15) is 34.4 Å². The van der Waals surface area contributed by atoms with Crippen LogP contribution < -0.4 is 5.32 Å². The van der Waals surface area contributed by atoms with E-state index in [1.165, 1.54) is 14.7 Å². The van der Waals surface area contributed by atoms with Gasteiger partial charge in [0.15, 0.2) is 0 Å². The summed E-state index contributed by atoms with van der Waals surface area (Å²) in [5.41, 5.74) is 3.39. The van der Waals surface area contributed by atoms with Crippen LogP contribution in [0.25, 0.3) is 0 Å². The standard InChI is InChI=1S/C23H26N2O2S2/c1-4-12-25(13-5-2)29(26,27)17-9-10-21-20(15-17)18-7-6-8-19(18)22(24-21)23-16(3)11-14-28-23/h4-7,9-11,14-15,18-19,22,24H,1-2,8,12-13H2,3H3. The van der Waals surface area contributed by atoms with Gasteiger partial charge in [-0.15, -0.1) is 24.5 Å². The molecule has 1 aromatic carbocycles. The molecule has 152 valence electrons. The highest BCUT2D eigenvalue weighted by Gasteiger charge is 2.39. The minimum absolute atomic E-state index is 0.222. The topological polar surface area (TPSA) is 49.4 Å². The Kier molecular flexibility index (Phi) is 5.51. The van der Waals surface area contributed by atoms with E-state index in [1.807, 2.05) is 12.1 Å². The van der Waals surface area contributed by atoms with Gasteiger partial charge in [0.05, 0.1) is 10.9 Å². The summed E-state index contributed by atoms with van der Waals surface area (Å²) in [7, 11) is -3.61. The molecule has 2 aromatic rings. The molecule has 6 heteroatoms. The Morgan fingerprint density at radius 2 is 2.00 bits per heavy atom. The molecular formula is C23H26N2O2S2. The third-order valence-corrected chi connectivity index (χ3v) is 8.75. The smallest absolute Gasteiger partial charge is 0.243 e. The highest BCUT2D eigenvalue weighted by Crippen LogP contribution is 2.51. The van der Waals surface area contributed by atoms with Crippen molar-refractivity contribution >= 4 is 27.0 Å². The molecule has 0 radical (unpaired) electrons. The van der Waals surface area contributed by atoms with Crippen molar-refractivity contribution in [2.45, 2.75) is 30.2 Å². The first-order chi connectivity index (χ1) is 14.0. The Morgan fingerprint density at radius 3 is 2.66 bits per heavy atom. The van der Waals surface area contributed by atoms with Crippen LogP contribution >= 0.6 is 11.3 Å². The normalized spacial score (nSPS) is 22.8. The molecule has 1 aromatic heterocycles. The largest absolute Gasteiger partial charge is 0.377 e. The third kappa shape index (κ3) is 3.50. The lowest BCUT2D eigenvalue weighted by molar-refractivity contribution is 0.428. The number of anilines is 1. The van der Waals surface area contributed by atoms with Crippen molar-refractivity contribution in [2.24, 2.45) is 5.92 Å². The van der Waals surface area contributed by atoms with Crippen molar-refractivity contribution in [3.8, 4) is 0 Å². The molecule has 4 nitrogen and oxygen atoms in total. The molecule has 29 heavy (non-hydrogen) atoms. The summed E-state index contributed by atoms with van der Waals surface area (Å²) in [6, 6.07) is 7.89. The molecule has 0 bridgehead atoms. The number of aryl methyl sites for hydroxylation is 1. The first-order valence-electron chi connectivity index (χ1n) is 9.80. The maximum atomic E-state index is 13.2. The van der Waals surface area contributed by atoms with Gasteiger partial charge in [0.2, 0.25) is 10.0 Å². The monoisotopic (exact) mass is 426 g/mol. The number of hydrogen-bond donors (Lipinski definition) is 1. The Balaban J connectivity index is 1.74. The molecule has 0 fully saturated rings. The lowest BCUT2D eigenvalue weighted by Gasteiger charge is -2.37. The van der Waals surface area contributed by atoms with Gasteiger partial charge in [-0.1, -0.05) is 24.3 Å². The van der Waals surface area contributed by atoms with Crippen LogP contribution in [-0.2, 0) is 10.0 Å².